The number of nitrogens with zero attached hydrogens (tertiary/aromatic N) is 1. The first-order chi connectivity index (χ1) is 15.9. The SMILES string of the molecule is COCC(C)Oc1cnccc1-c1[nH]c2c(c1Nc1cccc(Cl)c1OC)C(=O)NC(C)C2. The van der Waals surface area contributed by atoms with Crippen molar-refractivity contribution in [2.75, 3.05) is 26.1 Å². The third-order valence-electron chi connectivity index (χ3n) is 5.41. The average molecular weight is 471 g/mol. The van der Waals surface area contributed by atoms with Crippen molar-refractivity contribution in [1.29, 1.82) is 0 Å². The molecule has 1 aromatic carbocycles. The van der Waals surface area contributed by atoms with Crippen LogP contribution in [-0.2, 0) is 11.2 Å². The minimum atomic E-state index is -0.185. The Morgan fingerprint density at radius 2 is 2.12 bits per heavy atom. The van der Waals surface area contributed by atoms with Gasteiger partial charge in [0.05, 0.1) is 47.6 Å². The van der Waals surface area contributed by atoms with Crippen LogP contribution >= 0.6 is 11.6 Å². The van der Waals surface area contributed by atoms with Gasteiger partial charge in [-0.15, -0.1) is 0 Å². The van der Waals surface area contributed by atoms with Crippen LogP contribution in [0.5, 0.6) is 11.5 Å². The summed E-state index contributed by atoms with van der Waals surface area (Å²) in [6, 6.07) is 7.29. The molecule has 3 aromatic rings. The van der Waals surface area contributed by atoms with Crippen LogP contribution in [0.15, 0.2) is 36.7 Å². The van der Waals surface area contributed by atoms with Gasteiger partial charge in [-0.05, 0) is 32.0 Å². The number of halogens is 1. The minimum Gasteiger partial charge on any atom is -0.493 e. The van der Waals surface area contributed by atoms with E-state index in [2.05, 4.69) is 20.6 Å². The molecule has 1 amide bonds. The Hall–Kier alpha value is -3.23. The van der Waals surface area contributed by atoms with Crippen LogP contribution in [0.4, 0.5) is 11.4 Å². The Kier molecular flexibility index (Phi) is 6.76. The Bertz CT molecular complexity index is 1160. The van der Waals surface area contributed by atoms with Gasteiger partial charge in [-0.1, -0.05) is 17.7 Å². The van der Waals surface area contributed by atoms with Gasteiger partial charge in [0.1, 0.15) is 11.9 Å². The quantitative estimate of drug-likeness (QED) is 0.446. The first-order valence-electron chi connectivity index (χ1n) is 10.7. The van der Waals surface area contributed by atoms with Gasteiger partial charge in [0.2, 0.25) is 0 Å². The molecule has 0 bridgehead atoms. The third-order valence-corrected chi connectivity index (χ3v) is 5.70. The second-order valence-electron chi connectivity index (χ2n) is 8.01. The molecule has 2 unspecified atom stereocenters. The first-order valence-corrected chi connectivity index (χ1v) is 11.1. The maximum atomic E-state index is 13.0. The molecule has 1 aliphatic rings. The lowest BCUT2D eigenvalue weighted by Gasteiger charge is -2.21. The molecule has 0 spiro atoms. The maximum Gasteiger partial charge on any atom is 0.255 e. The number of aromatic nitrogens is 2. The van der Waals surface area contributed by atoms with Crippen LogP contribution in [-0.4, -0.2) is 48.8 Å². The Labute approximate surface area is 197 Å². The monoisotopic (exact) mass is 470 g/mol. The lowest BCUT2D eigenvalue weighted by Crippen LogP contribution is -2.39. The third kappa shape index (κ3) is 4.62. The van der Waals surface area contributed by atoms with E-state index in [4.69, 9.17) is 25.8 Å². The number of rotatable bonds is 8. The van der Waals surface area contributed by atoms with Crippen molar-refractivity contribution in [2.45, 2.75) is 32.4 Å². The molecule has 0 aliphatic carbocycles. The van der Waals surface area contributed by atoms with Gasteiger partial charge in [0.15, 0.2) is 5.75 Å². The normalized spacial score (nSPS) is 16.0. The zero-order valence-electron chi connectivity index (χ0n) is 19.0. The standard InChI is InChI=1S/C24H27ClN4O4/c1-13-10-18-20(24(30)27-13)22(28-17-7-5-6-16(25)23(17)32-4)21(29-18)15-8-9-26-11-19(15)33-14(2)12-31-3/h5-9,11,13-14,28-29H,10,12H2,1-4H3,(H,27,30). The molecule has 2 aromatic heterocycles. The lowest BCUT2D eigenvalue weighted by molar-refractivity contribution is 0.0921. The number of H-pyrrole nitrogens is 1. The van der Waals surface area contributed by atoms with Gasteiger partial charge >= 0.3 is 0 Å². The number of ether oxygens (including phenoxy) is 3. The fourth-order valence-electron chi connectivity index (χ4n) is 4.05. The molecule has 0 saturated carbocycles. The van der Waals surface area contributed by atoms with E-state index in [1.807, 2.05) is 32.0 Å². The maximum absolute atomic E-state index is 13.0. The molecule has 4 rings (SSSR count). The van der Waals surface area contributed by atoms with Crippen molar-refractivity contribution < 1.29 is 19.0 Å². The van der Waals surface area contributed by atoms with Crippen molar-refractivity contribution in [1.82, 2.24) is 15.3 Å². The van der Waals surface area contributed by atoms with Crippen LogP contribution in [0.2, 0.25) is 5.02 Å². The summed E-state index contributed by atoms with van der Waals surface area (Å²) in [7, 11) is 3.18. The van der Waals surface area contributed by atoms with E-state index >= 15 is 0 Å². The summed E-state index contributed by atoms with van der Waals surface area (Å²) >= 11 is 6.34. The summed E-state index contributed by atoms with van der Waals surface area (Å²) in [4.78, 5) is 20.7. The molecule has 3 heterocycles. The van der Waals surface area contributed by atoms with Crippen molar-refractivity contribution in [3.05, 3.63) is 52.9 Å². The molecule has 1 aliphatic heterocycles. The molecular formula is C24H27ClN4O4. The Morgan fingerprint density at radius 3 is 2.88 bits per heavy atom. The molecule has 0 saturated heterocycles. The lowest BCUT2D eigenvalue weighted by atomic mass is 10.0. The number of benzene rings is 1. The average Bonchev–Trinajstić information content (AvgIpc) is 3.12. The highest BCUT2D eigenvalue weighted by molar-refractivity contribution is 6.32. The number of aromatic amines is 1. The van der Waals surface area contributed by atoms with E-state index < -0.39 is 0 Å². The van der Waals surface area contributed by atoms with E-state index in [-0.39, 0.29) is 18.1 Å². The molecule has 9 heteroatoms. The number of carbonyl (C=O) groups excluding carboxylic acids is 1. The van der Waals surface area contributed by atoms with Gasteiger partial charge in [0, 0.05) is 37.0 Å². The number of carbonyl (C=O) groups is 1. The summed E-state index contributed by atoms with van der Waals surface area (Å²) < 4.78 is 16.8. The number of amides is 1. The molecule has 8 nitrogen and oxygen atoms in total. The van der Waals surface area contributed by atoms with Crippen LogP contribution < -0.4 is 20.1 Å². The summed E-state index contributed by atoms with van der Waals surface area (Å²) in [5.41, 5.74) is 4.14. The highest BCUT2D eigenvalue weighted by atomic mass is 35.5. The highest BCUT2D eigenvalue weighted by Gasteiger charge is 2.31. The van der Waals surface area contributed by atoms with Crippen LogP contribution in [0.25, 0.3) is 11.3 Å². The van der Waals surface area contributed by atoms with Crippen molar-refractivity contribution in [3.8, 4) is 22.8 Å². The van der Waals surface area contributed by atoms with Crippen LogP contribution in [0.3, 0.4) is 0 Å². The number of nitrogens with one attached hydrogen (secondary N) is 3. The van der Waals surface area contributed by atoms with E-state index in [9.17, 15) is 4.79 Å². The number of hydrogen-bond acceptors (Lipinski definition) is 6. The number of hydrogen-bond donors (Lipinski definition) is 3. The molecule has 0 radical (unpaired) electrons. The van der Waals surface area contributed by atoms with Crippen LogP contribution in [0, 0.1) is 0 Å². The van der Waals surface area contributed by atoms with E-state index in [1.54, 1.807) is 32.7 Å². The molecule has 174 valence electrons. The first kappa shape index (κ1) is 22.9. The van der Waals surface area contributed by atoms with Crippen molar-refractivity contribution >= 4 is 28.9 Å². The molecule has 3 N–H and O–H groups in total. The predicted molar refractivity (Wildman–Crippen MR) is 128 cm³/mol. The van der Waals surface area contributed by atoms with Crippen molar-refractivity contribution in [2.24, 2.45) is 0 Å². The van der Waals surface area contributed by atoms with Gasteiger partial charge in [0.25, 0.3) is 5.91 Å². The summed E-state index contributed by atoms with van der Waals surface area (Å²) in [6.07, 6.45) is 3.84. The minimum absolute atomic E-state index is 0.0138. The molecule has 2 atom stereocenters. The van der Waals surface area contributed by atoms with E-state index in [1.165, 1.54) is 0 Å². The van der Waals surface area contributed by atoms with Crippen LogP contribution in [0.1, 0.15) is 29.9 Å². The topological polar surface area (TPSA) is 97.5 Å². The number of pyridine rings is 1. The van der Waals surface area contributed by atoms with Crippen molar-refractivity contribution in [3.63, 3.8) is 0 Å². The zero-order chi connectivity index (χ0) is 23.5. The highest BCUT2D eigenvalue weighted by Crippen LogP contribution is 2.43. The summed E-state index contributed by atoms with van der Waals surface area (Å²) in [6.45, 7) is 4.33. The largest absolute Gasteiger partial charge is 0.493 e. The fourth-order valence-corrected chi connectivity index (χ4v) is 4.30. The van der Waals surface area contributed by atoms with E-state index in [0.29, 0.717) is 52.2 Å². The van der Waals surface area contributed by atoms with Gasteiger partial charge < -0.3 is 29.8 Å². The summed E-state index contributed by atoms with van der Waals surface area (Å²) in [5.74, 6) is 0.916. The second kappa shape index (κ2) is 9.72. The number of para-hydroxylation sites is 1. The van der Waals surface area contributed by atoms with E-state index in [0.717, 1.165) is 11.3 Å². The number of fused-ring (bicyclic) bond motifs is 1. The number of anilines is 2. The smallest absolute Gasteiger partial charge is 0.255 e. The van der Waals surface area contributed by atoms with Gasteiger partial charge in [-0.25, -0.2) is 0 Å². The van der Waals surface area contributed by atoms with Gasteiger partial charge in [-0.3, -0.25) is 9.78 Å². The summed E-state index contributed by atoms with van der Waals surface area (Å²) in [5, 5.41) is 6.87. The zero-order valence-corrected chi connectivity index (χ0v) is 19.7. The molecule has 33 heavy (non-hydrogen) atoms. The molecular weight excluding hydrogens is 444 g/mol. The predicted octanol–water partition coefficient (Wildman–Crippen LogP) is 4.57. The Balaban J connectivity index is 1.86. The second-order valence-corrected chi connectivity index (χ2v) is 8.42. The number of methoxy groups -OCH3 is 2. The molecule has 0 fully saturated rings. The van der Waals surface area contributed by atoms with Gasteiger partial charge in [-0.2, -0.15) is 0 Å². The Morgan fingerprint density at radius 1 is 1.30 bits per heavy atom. The fraction of sp³-hybridized carbons (Fsp3) is 0.333.